The lowest BCUT2D eigenvalue weighted by atomic mass is 10.1. The van der Waals surface area contributed by atoms with E-state index in [1.165, 1.54) is 5.56 Å². The van der Waals surface area contributed by atoms with Crippen molar-refractivity contribution in [2.45, 2.75) is 26.4 Å². The number of hydrogen-bond acceptors (Lipinski definition) is 2. The molecule has 0 saturated carbocycles. The topological polar surface area (TPSA) is 29.9 Å². The van der Waals surface area contributed by atoms with Gasteiger partial charge in [-0.3, -0.25) is 0 Å². The molecule has 1 aromatic heterocycles. The van der Waals surface area contributed by atoms with Crippen LogP contribution in [0.5, 0.6) is 0 Å². The third kappa shape index (κ3) is 2.92. The second kappa shape index (κ2) is 5.55. The molecular weight excluding hydrogens is 246 g/mol. The van der Waals surface area contributed by atoms with Crippen molar-refractivity contribution in [1.29, 1.82) is 0 Å². The normalized spacial score (nSPS) is 11.2. The van der Waals surface area contributed by atoms with E-state index < -0.39 is 0 Å². The van der Waals surface area contributed by atoms with E-state index in [0.717, 1.165) is 23.0 Å². The first-order valence-electron chi connectivity index (χ1n) is 6.07. The van der Waals surface area contributed by atoms with Crippen LogP contribution >= 0.6 is 11.6 Å². The number of aryl methyl sites for hydroxylation is 1. The van der Waals surface area contributed by atoms with Crippen molar-refractivity contribution in [3.63, 3.8) is 0 Å². The van der Waals surface area contributed by atoms with Gasteiger partial charge in [0.05, 0.1) is 0 Å². The van der Waals surface area contributed by atoms with Gasteiger partial charge in [-0.2, -0.15) is 0 Å². The largest absolute Gasteiger partial charge is 0.334 e. The van der Waals surface area contributed by atoms with Crippen molar-refractivity contribution < 1.29 is 0 Å². The Balaban J connectivity index is 2.38. The van der Waals surface area contributed by atoms with E-state index >= 15 is 0 Å². The first-order valence-corrected chi connectivity index (χ1v) is 6.45. The fraction of sp³-hybridized carbons (Fsp3) is 0.357. The average Bonchev–Trinajstić information content (AvgIpc) is 2.73. The van der Waals surface area contributed by atoms with Crippen LogP contribution in [0.3, 0.4) is 0 Å². The Morgan fingerprint density at radius 2 is 2.17 bits per heavy atom. The fourth-order valence-electron chi connectivity index (χ4n) is 1.85. The Bertz CT molecular complexity index is 532. The highest BCUT2D eigenvalue weighted by Gasteiger charge is 2.10. The van der Waals surface area contributed by atoms with E-state index in [0.29, 0.717) is 6.04 Å². The number of benzene rings is 1. The van der Waals surface area contributed by atoms with Gasteiger partial charge in [-0.05, 0) is 17.7 Å². The molecule has 3 nitrogen and oxygen atoms in total. The first kappa shape index (κ1) is 13.1. The van der Waals surface area contributed by atoms with Gasteiger partial charge in [0.1, 0.15) is 5.82 Å². The van der Waals surface area contributed by atoms with Gasteiger partial charge in [0.15, 0.2) is 0 Å². The van der Waals surface area contributed by atoms with Crippen LogP contribution in [-0.4, -0.2) is 15.6 Å². The molecular formula is C14H18ClN3. The Morgan fingerprint density at radius 3 is 2.78 bits per heavy atom. The number of aromatic nitrogens is 2. The van der Waals surface area contributed by atoms with Crippen molar-refractivity contribution >= 4 is 11.6 Å². The summed E-state index contributed by atoms with van der Waals surface area (Å²) >= 11 is 6.09. The fourth-order valence-corrected chi connectivity index (χ4v) is 2.02. The number of halogens is 1. The number of nitrogens with one attached hydrogen (secondary N) is 1. The standard InChI is InChI=1S/C14H18ClN3/c1-10(2)17-9-11-4-5-12(15)8-13(11)14-16-6-7-18(14)3/h4-8,10,17H,9H2,1-3H3. The molecule has 18 heavy (non-hydrogen) atoms. The molecule has 1 heterocycles. The van der Waals surface area contributed by atoms with E-state index in [1.54, 1.807) is 6.20 Å². The molecule has 0 saturated heterocycles. The van der Waals surface area contributed by atoms with Gasteiger partial charge < -0.3 is 9.88 Å². The third-order valence-electron chi connectivity index (χ3n) is 2.83. The van der Waals surface area contributed by atoms with Crippen LogP contribution in [0.4, 0.5) is 0 Å². The second-order valence-electron chi connectivity index (χ2n) is 4.70. The first-order chi connectivity index (χ1) is 8.58. The third-order valence-corrected chi connectivity index (χ3v) is 3.07. The highest BCUT2D eigenvalue weighted by Crippen LogP contribution is 2.25. The molecule has 0 aliphatic carbocycles. The molecule has 1 N–H and O–H groups in total. The van der Waals surface area contributed by atoms with Gasteiger partial charge >= 0.3 is 0 Å². The Labute approximate surface area is 113 Å². The Kier molecular flexibility index (Phi) is 4.04. The predicted molar refractivity (Wildman–Crippen MR) is 75.6 cm³/mol. The molecule has 0 spiro atoms. The predicted octanol–water partition coefficient (Wildman–Crippen LogP) is 3.24. The highest BCUT2D eigenvalue weighted by molar-refractivity contribution is 6.30. The van der Waals surface area contributed by atoms with E-state index in [2.05, 4.69) is 30.2 Å². The molecule has 0 aliphatic rings. The minimum Gasteiger partial charge on any atom is -0.334 e. The Hall–Kier alpha value is -1.32. The molecule has 0 bridgehead atoms. The van der Waals surface area contributed by atoms with Gasteiger partial charge in [-0.1, -0.05) is 31.5 Å². The summed E-state index contributed by atoms with van der Waals surface area (Å²) < 4.78 is 2.00. The van der Waals surface area contributed by atoms with E-state index in [4.69, 9.17) is 11.6 Å². The lowest BCUT2D eigenvalue weighted by molar-refractivity contribution is 0.589. The van der Waals surface area contributed by atoms with Crippen molar-refractivity contribution in [2.75, 3.05) is 0 Å². The maximum atomic E-state index is 6.09. The summed E-state index contributed by atoms with van der Waals surface area (Å²) in [5.74, 6) is 0.943. The minimum atomic E-state index is 0.454. The average molecular weight is 264 g/mol. The van der Waals surface area contributed by atoms with Gasteiger partial charge in [-0.15, -0.1) is 0 Å². The summed E-state index contributed by atoms with van der Waals surface area (Å²) in [4.78, 5) is 4.39. The number of nitrogens with zero attached hydrogens (tertiary/aromatic N) is 2. The number of hydrogen-bond donors (Lipinski definition) is 1. The van der Waals surface area contributed by atoms with Crippen LogP contribution in [0.1, 0.15) is 19.4 Å². The SMILES string of the molecule is CC(C)NCc1ccc(Cl)cc1-c1nccn1C. The molecule has 0 atom stereocenters. The number of imidazole rings is 1. The summed E-state index contributed by atoms with van der Waals surface area (Å²) in [6, 6.07) is 6.41. The maximum Gasteiger partial charge on any atom is 0.139 e. The monoisotopic (exact) mass is 263 g/mol. The van der Waals surface area contributed by atoms with Crippen molar-refractivity contribution in [2.24, 2.45) is 7.05 Å². The molecule has 96 valence electrons. The Morgan fingerprint density at radius 1 is 1.39 bits per heavy atom. The van der Waals surface area contributed by atoms with Crippen molar-refractivity contribution in [3.8, 4) is 11.4 Å². The lowest BCUT2D eigenvalue weighted by Crippen LogP contribution is -2.22. The summed E-state index contributed by atoms with van der Waals surface area (Å²) in [6.07, 6.45) is 3.74. The smallest absolute Gasteiger partial charge is 0.139 e. The maximum absolute atomic E-state index is 6.09. The lowest BCUT2D eigenvalue weighted by Gasteiger charge is -2.13. The molecule has 0 aliphatic heterocycles. The highest BCUT2D eigenvalue weighted by atomic mass is 35.5. The van der Waals surface area contributed by atoms with Crippen LogP contribution in [0.2, 0.25) is 5.02 Å². The van der Waals surface area contributed by atoms with Crippen molar-refractivity contribution in [1.82, 2.24) is 14.9 Å². The van der Waals surface area contributed by atoms with Crippen LogP contribution in [0.15, 0.2) is 30.6 Å². The molecule has 0 radical (unpaired) electrons. The summed E-state index contributed by atoms with van der Waals surface area (Å²) in [5.41, 5.74) is 2.30. The summed E-state index contributed by atoms with van der Waals surface area (Å²) in [6.45, 7) is 5.09. The van der Waals surface area contributed by atoms with Crippen LogP contribution < -0.4 is 5.32 Å². The summed E-state index contributed by atoms with van der Waals surface area (Å²) in [7, 11) is 1.99. The quantitative estimate of drug-likeness (QED) is 0.918. The molecule has 0 unspecified atom stereocenters. The van der Waals surface area contributed by atoms with E-state index in [-0.39, 0.29) is 0 Å². The van der Waals surface area contributed by atoms with Gasteiger partial charge in [-0.25, -0.2) is 4.98 Å². The van der Waals surface area contributed by atoms with E-state index in [9.17, 15) is 0 Å². The molecule has 4 heteroatoms. The molecule has 2 rings (SSSR count). The van der Waals surface area contributed by atoms with Crippen molar-refractivity contribution in [3.05, 3.63) is 41.2 Å². The zero-order chi connectivity index (χ0) is 13.1. The van der Waals surface area contributed by atoms with Crippen LogP contribution in [0, 0.1) is 0 Å². The number of rotatable bonds is 4. The van der Waals surface area contributed by atoms with Crippen LogP contribution in [0.25, 0.3) is 11.4 Å². The molecule has 0 amide bonds. The van der Waals surface area contributed by atoms with Gasteiger partial charge in [0.2, 0.25) is 0 Å². The molecule has 0 fully saturated rings. The zero-order valence-electron chi connectivity index (χ0n) is 10.9. The minimum absolute atomic E-state index is 0.454. The van der Waals surface area contributed by atoms with Gasteiger partial charge in [0, 0.05) is 42.6 Å². The summed E-state index contributed by atoms with van der Waals surface area (Å²) in [5, 5.41) is 4.16. The van der Waals surface area contributed by atoms with Gasteiger partial charge in [0.25, 0.3) is 0 Å². The molecule has 1 aromatic carbocycles. The zero-order valence-corrected chi connectivity index (χ0v) is 11.7. The second-order valence-corrected chi connectivity index (χ2v) is 5.14. The van der Waals surface area contributed by atoms with Crippen LogP contribution in [-0.2, 0) is 13.6 Å². The van der Waals surface area contributed by atoms with E-state index in [1.807, 2.05) is 29.9 Å². The molecule has 2 aromatic rings.